The molecule has 3 aliphatic heterocycles. The molecule has 7 unspecified atom stereocenters. The Labute approximate surface area is 288 Å². The second-order valence-electron chi connectivity index (χ2n) is 15.7. The van der Waals surface area contributed by atoms with Crippen LogP contribution in [0.1, 0.15) is 117 Å². The van der Waals surface area contributed by atoms with E-state index in [4.69, 9.17) is 0 Å². The second kappa shape index (κ2) is 12.4. The first-order valence-corrected chi connectivity index (χ1v) is 18.5. The molecule has 49 heavy (non-hydrogen) atoms. The highest BCUT2D eigenvalue weighted by Crippen LogP contribution is 2.53. The third kappa shape index (κ3) is 5.75. The van der Waals surface area contributed by atoms with Crippen molar-refractivity contribution in [1.29, 1.82) is 0 Å². The number of rotatable bonds is 8. The number of benzene rings is 1. The monoisotopic (exact) mass is 669 g/mol. The van der Waals surface area contributed by atoms with Crippen molar-refractivity contribution in [1.82, 2.24) is 20.2 Å². The molecule has 260 valence electrons. The smallest absolute Gasteiger partial charge is 0.255 e. The number of fused-ring (bicyclic) bond motifs is 1. The van der Waals surface area contributed by atoms with E-state index in [9.17, 15) is 18.4 Å². The van der Waals surface area contributed by atoms with Gasteiger partial charge in [-0.2, -0.15) is 0 Å². The largest absolute Gasteiger partial charge is 0.335 e. The van der Waals surface area contributed by atoms with Gasteiger partial charge >= 0.3 is 0 Å². The Balaban J connectivity index is 1.12. The lowest BCUT2D eigenvalue weighted by Gasteiger charge is -2.46. The molecule has 4 heterocycles. The molecule has 0 radical (unpaired) electrons. The van der Waals surface area contributed by atoms with Crippen molar-refractivity contribution in [3.63, 3.8) is 0 Å². The molecule has 1 amide bonds. The Morgan fingerprint density at radius 2 is 1.80 bits per heavy atom. The summed E-state index contributed by atoms with van der Waals surface area (Å²) in [6.07, 6.45) is 13.6. The number of ketones is 1. The van der Waals surface area contributed by atoms with Gasteiger partial charge in [0, 0.05) is 56.8 Å². The molecule has 6 fully saturated rings. The summed E-state index contributed by atoms with van der Waals surface area (Å²) in [6, 6.07) is 11.8. The van der Waals surface area contributed by atoms with E-state index in [1.807, 2.05) is 6.07 Å². The van der Waals surface area contributed by atoms with Crippen LogP contribution in [-0.2, 0) is 4.79 Å². The fourth-order valence-corrected chi connectivity index (χ4v) is 9.68. The highest BCUT2D eigenvalue weighted by Gasteiger charge is 2.56. The summed E-state index contributed by atoms with van der Waals surface area (Å²) in [5.41, 5.74) is 5.32. The minimum atomic E-state index is -2.92. The van der Waals surface area contributed by atoms with Gasteiger partial charge in [-0.05, 0) is 105 Å². The molecule has 3 saturated heterocycles. The Morgan fingerprint density at radius 3 is 2.41 bits per heavy atom. The number of hydrogen-bond acceptors (Lipinski definition) is 6. The number of nitrogens with zero attached hydrogens (tertiary/aromatic N) is 4. The van der Waals surface area contributed by atoms with Gasteiger partial charge in [0.1, 0.15) is 0 Å². The van der Waals surface area contributed by atoms with Crippen molar-refractivity contribution in [2.75, 3.05) is 18.6 Å². The summed E-state index contributed by atoms with van der Waals surface area (Å²) < 4.78 is 29.2. The van der Waals surface area contributed by atoms with Gasteiger partial charge in [0.05, 0.1) is 28.9 Å². The van der Waals surface area contributed by atoms with Gasteiger partial charge in [0.25, 0.3) is 11.8 Å². The number of carbonyl (C=O) groups excluding carboxylic acids is 2. The standard InChI is InChI=1S/C40H49F2N5O2/c1-5-29(48)19-24-9-15-33-36-34(16-10-24)46(18-17-35(36)47(45(33)4)28-13-11-26(12-14-28)25-7-6-8-25)39(49)27-20-31(38-30-21-32(30)44-38)37(43-22-27)23(2)40(3,41)42/h5,11-14,19-20,22-23,25,30,32-36,38,44H,1,6-10,15-18,21H2,2-4H3/b24-19+/t23?,30?,32?,33?,34-,35?,36?,38?/m0/s1. The summed E-state index contributed by atoms with van der Waals surface area (Å²) in [4.78, 5) is 33.7. The lowest BCUT2D eigenvalue weighted by Crippen LogP contribution is -2.56. The third-order valence-corrected chi connectivity index (χ3v) is 13.0. The highest BCUT2D eigenvalue weighted by atomic mass is 19.3. The number of halogens is 2. The number of allylic oxidation sites excluding steroid dienone is 3. The maximum Gasteiger partial charge on any atom is 0.255 e. The molecule has 0 spiro atoms. The Kier molecular flexibility index (Phi) is 8.30. The molecule has 2 aromatic rings. The van der Waals surface area contributed by atoms with E-state index in [2.05, 4.69) is 63.1 Å². The number of piperidine rings is 1. The van der Waals surface area contributed by atoms with Gasteiger partial charge in [-0.15, -0.1) is 0 Å². The number of carbonyl (C=O) groups is 2. The fraction of sp³-hybridized carbons (Fsp3) is 0.575. The van der Waals surface area contributed by atoms with Crippen LogP contribution in [-0.4, -0.2) is 70.3 Å². The van der Waals surface area contributed by atoms with Crippen molar-refractivity contribution in [3.05, 3.63) is 83.2 Å². The number of anilines is 1. The molecular formula is C40H49F2N5O2. The van der Waals surface area contributed by atoms with Gasteiger partial charge in [0.15, 0.2) is 5.78 Å². The third-order valence-electron chi connectivity index (χ3n) is 13.0. The van der Waals surface area contributed by atoms with Crippen molar-refractivity contribution in [2.45, 2.75) is 120 Å². The molecule has 8 atom stereocenters. The fourth-order valence-electron chi connectivity index (χ4n) is 9.68. The summed E-state index contributed by atoms with van der Waals surface area (Å²) in [6.45, 7) is 6.75. The topological polar surface area (TPSA) is 68.8 Å². The summed E-state index contributed by atoms with van der Waals surface area (Å²) >= 11 is 0. The van der Waals surface area contributed by atoms with E-state index in [0.29, 0.717) is 35.7 Å². The van der Waals surface area contributed by atoms with Crippen LogP contribution < -0.4 is 10.3 Å². The minimum absolute atomic E-state index is 0.0376. The number of hydrazine groups is 1. The van der Waals surface area contributed by atoms with E-state index < -0.39 is 11.8 Å². The zero-order chi connectivity index (χ0) is 34.2. The van der Waals surface area contributed by atoms with Crippen LogP contribution >= 0.6 is 0 Å². The first kappa shape index (κ1) is 32.8. The van der Waals surface area contributed by atoms with Gasteiger partial charge in [0.2, 0.25) is 0 Å². The molecule has 3 aliphatic carbocycles. The zero-order valence-electron chi connectivity index (χ0n) is 29.0. The second-order valence-corrected chi connectivity index (χ2v) is 15.7. The number of likely N-dealkylation sites (tertiary alicyclic amines) is 1. The van der Waals surface area contributed by atoms with E-state index in [1.165, 1.54) is 49.7 Å². The van der Waals surface area contributed by atoms with E-state index >= 15 is 0 Å². The normalized spacial score (nSPS) is 32.7. The van der Waals surface area contributed by atoms with Crippen LogP contribution in [0.25, 0.3) is 0 Å². The van der Waals surface area contributed by atoms with Gasteiger partial charge < -0.3 is 15.2 Å². The molecule has 1 aromatic heterocycles. The number of nitrogens with one attached hydrogen (secondary N) is 1. The molecule has 8 rings (SSSR count). The number of hydrogen-bond donors (Lipinski definition) is 1. The first-order valence-electron chi connectivity index (χ1n) is 18.5. The first-order chi connectivity index (χ1) is 23.5. The molecule has 1 aromatic carbocycles. The van der Waals surface area contributed by atoms with Gasteiger partial charge in [-0.3, -0.25) is 14.6 Å². The number of aromatic nitrogens is 1. The zero-order valence-corrected chi connectivity index (χ0v) is 29.0. The summed E-state index contributed by atoms with van der Waals surface area (Å²) in [7, 11) is 2.18. The Bertz CT molecular complexity index is 1670. The van der Waals surface area contributed by atoms with Crippen molar-refractivity contribution < 1.29 is 18.4 Å². The molecule has 1 N–H and O–H groups in total. The van der Waals surface area contributed by atoms with Crippen molar-refractivity contribution >= 4 is 17.4 Å². The van der Waals surface area contributed by atoms with Crippen LogP contribution in [0.5, 0.6) is 0 Å². The minimum Gasteiger partial charge on any atom is -0.335 e. The Hall–Kier alpha value is -3.43. The van der Waals surface area contributed by atoms with Crippen LogP contribution in [0, 0.1) is 11.8 Å². The maximum atomic E-state index is 14.6. The van der Waals surface area contributed by atoms with Gasteiger partial charge in [-0.1, -0.05) is 37.6 Å². The molecule has 7 nitrogen and oxygen atoms in total. The molecule has 3 saturated carbocycles. The van der Waals surface area contributed by atoms with E-state index in [1.54, 1.807) is 6.08 Å². The van der Waals surface area contributed by atoms with Gasteiger partial charge in [-0.25, -0.2) is 13.8 Å². The van der Waals surface area contributed by atoms with Crippen LogP contribution in [0.4, 0.5) is 14.5 Å². The molecule has 0 bridgehead atoms. The highest BCUT2D eigenvalue weighted by molar-refractivity contribution is 5.99. The number of alkyl halides is 2. The molecular weight excluding hydrogens is 620 g/mol. The van der Waals surface area contributed by atoms with Crippen LogP contribution in [0.3, 0.4) is 0 Å². The predicted octanol–water partition coefficient (Wildman–Crippen LogP) is 7.33. The molecule has 9 heteroatoms. The lowest BCUT2D eigenvalue weighted by molar-refractivity contribution is -0.110. The predicted molar refractivity (Wildman–Crippen MR) is 187 cm³/mol. The summed E-state index contributed by atoms with van der Waals surface area (Å²) in [5.74, 6) is -2.81. The Morgan fingerprint density at radius 1 is 1.06 bits per heavy atom. The molecule has 6 aliphatic rings. The van der Waals surface area contributed by atoms with Crippen molar-refractivity contribution in [3.8, 4) is 0 Å². The number of amides is 1. The van der Waals surface area contributed by atoms with Crippen LogP contribution in [0.15, 0.2) is 60.8 Å². The quantitative estimate of drug-likeness (QED) is 0.297. The number of pyridine rings is 1. The SMILES string of the molecule is C=CC(=O)/C=C1\CCC2C3C(CCN(C(=O)c4cnc(C(C)C(C)(F)F)c(C5NC6CC65)c4)[C@H]3CC1)N(c1ccc(C3CCC3)cc1)N2C. The maximum absolute atomic E-state index is 14.6. The lowest BCUT2D eigenvalue weighted by atomic mass is 9.74. The summed E-state index contributed by atoms with van der Waals surface area (Å²) in [5, 5.41) is 8.40. The average molecular weight is 670 g/mol. The van der Waals surface area contributed by atoms with E-state index in [-0.39, 0.29) is 41.8 Å². The van der Waals surface area contributed by atoms with Crippen molar-refractivity contribution in [2.24, 2.45) is 11.8 Å². The van der Waals surface area contributed by atoms with Crippen LogP contribution in [0.2, 0.25) is 0 Å². The van der Waals surface area contributed by atoms with E-state index in [0.717, 1.165) is 56.6 Å². The average Bonchev–Trinajstić information content (AvgIpc) is 3.60.